The molecule has 0 aromatic heterocycles. The van der Waals surface area contributed by atoms with Gasteiger partial charge in [-0.25, -0.2) is 0 Å². The lowest BCUT2D eigenvalue weighted by Gasteiger charge is -2.31. The van der Waals surface area contributed by atoms with Gasteiger partial charge in [-0.05, 0) is 55.4 Å². The molecule has 4 rings (SSSR count). The fourth-order valence-electron chi connectivity index (χ4n) is 5.59. The summed E-state index contributed by atoms with van der Waals surface area (Å²) in [5.41, 5.74) is 7.81. The SMILES string of the molecule is N[C@H](Cc1ccc(O)cc1)C(=O)N1CCC[C@@H]1C(=O)N[C@H](Cc1ccccc1)C(=O)N1CCC[C@H]1C(=O)NCC(=O)O. The summed E-state index contributed by atoms with van der Waals surface area (Å²) in [6.07, 6.45) is 2.37. The first-order chi connectivity index (χ1) is 20.1. The van der Waals surface area contributed by atoms with Crippen LogP contribution in [-0.2, 0) is 36.8 Å². The van der Waals surface area contributed by atoms with Crippen molar-refractivity contribution in [2.24, 2.45) is 5.73 Å². The predicted molar refractivity (Wildman–Crippen MR) is 152 cm³/mol. The van der Waals surface area contributed by atoms with E-state index in [1.54, 1.807) is 12.1 Å². The van der Waals surface area contributed by atoms with Gasteiger partial charge in [-0.2, -0.15) is 0 Å². The van der Waals surface area contributed by atoms with Crippen LogP contribution in [0.4, 0.5) is 0 Å². The Bertz CT molecular complexity index is 1290. The highest BCUT2D eigenvalue weighted by atomic mass is 16.4. The van der Waals surface area contributed by atoms with Crippen molar-refractivity contribution in [3.05, 3.63) is 65.7 Å². The number of amides is 4. The molecule has 2 aliphatic heterocycles. The van der Waals surface area contributed by atoms with Gasteiger partial charge in [-0.15, -0.1) is 0 Å². The van der Waals surface area contributed by atoms with Crippen LogP contribution in [0.1, 0.15) is 36.8 Å². The Kier molecular flexibility index (Phi) is 10.1. The highest BCUT2D eigenvalue weighted by Gasteiger charge is 2.41. The van der Waals surface area contributed by atoms with Crippen LogP contribution in [0.5, 0.6) is 5.75 Å². The van der Waals surface area contributed by atoms with Crippen LogP contribution < -0.4 is 16.4 Å². The summed E-state index contributed by atoms with van der Waals surface area (Å²) in [6.45, 7) is 0.0999. The molecule has 12 nitrogen and oxygen atoms in total. The summed E-state index contributed by atoms with van der Waals surface area (Å²) in [5.74, 6) is -2.93. The van der Waals surface area contributed by atoms with Crippen molar-refractivity contribution in [3.8, 4) is 5.75 Å². The van der Waals surface area contributed by atoms with E-state index < -0.39 is 54.4 Å². The van der Waals surface area contributed by atoms with Crippen molar-refractivity contribution >= 4 is 29.6 Å². The number of nitrogens with two attached hydrogens (primary N) is 1. The standard InChI is InChI=1S/C30H37N5O7/c31-22(16-20-10-12-21(36)13-11-20)29(41)34-14-5-9-25(34)28(40)33-23(17-19-6-2-1-3-7-19)30(42)35-15-4-8-24(35)27(39)32-18-26(37)38/h1-3,6-7,10-13,22-25,36H,4-5,8-9,14-18,31H2,(H,32,39)(H,33,40)(H,37,38)/t22-,23-,24+,25-/m1/s1. The van der Waals surface area contributed by atoms with Crippen LogP contribution in [-0.4, -0.2) is 93.4 Å². The lowest BCUT2D eigenvalue weighted by atomic mass is 10.0. The second-order valence-corrected chi connectivity index (χ2v) is 10.7. The minimum Gasteiger partial charge on any atom is -0.508 e. The molecule has 0 bridgehead atoms. The molecule has 4 atom stereocenters. The number of likely N-dealkylation sites (tertiary alicyclic amines) is 2. The first-order valence-electron chi connectivity index (χ1n) is 14.1. The zero-order valence-corrected chi connectivity index (χ0v) is 23.3. The maximum atomic E-state index is 13.8. The highest BCUT2D eigenvalue weighted by molar-refractivity contribution is 5.96. The molecule has 224 valence electrons. The molecule has 0 aliphatic carbocycles. The minimum atomic E-state index is -1.19. The molecular weight excluding hydrogens is 542 g/mol. The van der Waals surface area contributed by atoms with Gasteiger partial charge in [0.25, 0.3) is 0 Å². The Labute approximate surface area is 243 Å². The molecule has 12 heteroatoms. The highest BCUT2D eigenvalue weighted by Crippen LogP contribution is 2.22. The van der Waals surface area contributed by atoms with Gasteiger partial charge in [-0.3, -0.25) is 24.0 Å². The van der Waals surface area contributed by atoms with Crippen LogP contribution in [0.15, 0.2) is 54.6 Å². The lowest BCUT2D eigenvalue weighted by molar-refractivity contribution is -0.144. The molecule has 0 spiro atoms. The molecular formula is C30H37N5O7. The second kappa shape index (κ2) is 13.9. The maximum absolute atomic E-state index is 13.8. The number of carbonyl (C=O) groups excluding carboxylic acids is 4. The third kappa shape index (κ3) is 7.64. The van der Waals surface area contributed by atoms with Crippen molar-refractivity contribution in [1.82, 2.24) is 20.4 Å². The molecule has 0 unspecified atom stereocenters. The smallest absolute Gasteiger partial charge is 0.322 e. The number of phenols is 1. The number of hydrogen-bond acceptors (Lipinski definition) is 7. The van der Waals surface area contributed by atoms with Crippen LogP contribution in [0, 0.1) is 0 Å². The molecule has 2 heterocycles. The molecule has 4 amide bonds. The van der Waals surface area contributed by atoms with E-state index in [0.717, 1.165) is 11.1 Å². The Morgan fingerprint density at radius 3 is 2.00 bits per heavy atom. The van der Waals surface area contributed by atoms with E-state index in [0.29, 0.717) is 38.8 Å². The van der Waals surface area contributed by atoms with Gasteiger partial charge in [0.15, 0.2) is 0 Å². The molecule has 0 radical (unpaired) electrons. The van der Waals surface area contributed by atoms with Crippen molar-refractivity contribution < 1.29 is 34.2 Å². The number of nitrogens with zero attached hydrogens (tertiary/aromatic N) is 2. The van der Waals surface area contributed by atoms with Crippen LogP contribution in [0.3, 0.4) is 0 Å². The number of nitrogens with one attached hydrogen (secondary N) is 2. The zero-order valence-electron chi connectivity index (χ0n) is 23.3. The Morgan fingerprint density at radius 1 is 0.810 bits per heavy atom. The summed E-state index contributed by atoms with van der Waals surface area (Å²) in [5, 5.41) is 23.6. The van der Waals surface area contributed by atoms with E-state index in [1.807, 2.05) is 30.3 Å². The first kappa shape index (κ1) is 30.5. The number of carboxylic acids is 1. The molecule has 2 fully saturated rings. The van der Waals surface area contributed by atoms with Gasteiger partial charge >= 0.3 is 5.97 Å². The summed E-state index contributed by atoms with van der Waals surface area (Å²) >= 11 is 0. The topological polar surface area (TPSA) is 182 Å². The number of hydrogen-bond donors (Lipinski definition) is 5. The largest absolute Gasteiger partial charge is 0.508 e. The lowest BCUT2D eigenvalue weighted by Crippen LogP contribution is -2.58. The van der Waals surface area contributed by atoms with Gasteiger partial charge < -0.3 is 36.4 Å². The summed E-state index contributed by atoms with van der Waals surface area (Å²) in [6, 6.07) is 12.0. The van der Waals surface area contributed by atoms with Gasteiger partial charge in [0.2, 0.25) is 23.6 Å². The van der Waals surface area contributed by atoms with Crippen molar-refractivity contribution in [1.29, 1.82) is 0 Å². The monoisotopic (exact) mass is 579 g/mol. The van der Waals surface area contributed by atoms with E-state index in [2.05, 4.69) is 10.6 Å². The zero-order chi connectivity index (χ0) is 30.2. The predicted octanol–water partition coefficient (Wildman–Crippen LogP) is 0.172. The minimum absolute atomic E-state index is 0.107. The van der Waals surface area contributed by atoms with E-state index in [9.17, 15) is 29.1 Å². The van der Waals surface area contributed by atoms with E-state index in [1.165, 1.54) is 21.9 Å². The number of rotatable bonds is 11. The summed E-state index contributed by atoms with van der Waals surface area (Å²) in [7, 11) is 0. The van der Waals surface area contributed by atoms with Crippen molar-refractivity contribution in [3.63, 3.8) is 0 Å². The second-order valence-electron chi connectivity index (χ2n) is 10.7. The molecule has 2 aromatic carbocycles. The fourth-order valence-corrected chi connectivity index (χ4v) is 5.59. The molecule has 6 N–H and O–H groups in total. The van der Waals surface area contributed by atoms with Crippen LogP contribution in [0.2, 0.25) is 0 Å². The third-order valence-electron chi connectivity index (χ3n) is 7.70. The fraction of sp³-hybridized carbons (Fsp3) is 0.433. The number of phenolic OH excluding ortho intramolecular Hbond substituents is 1. The van der Waals surface area contributed by atoms with Gasteiger partial charge in [-0.1, -0.05) is 42.5 Å². The van der Waals surface area contributed by atoms with Gasteiger partial charge in [0, 0.05) is 19.5 Å². The Morgan fingerprint density at radius 2 is 1.38 bits per heavy atom. The van der Waals surface area contributed by atoms with Crippen molar-refractivity contribution in [2.45, 2.75) is 62.7 Å². The van der Waals surface area contributed by atoms with Crippen molar-refractivity contribution in [2.75, 3.05) is 19.6 Å². The molecule has 0 saturated carbocycles. The summed E-state index contributed by atoms with van der Waals surface area (Å²) < 4.78 is 0. The van der Waals surface area contributed by atoms with Crippen LogP contribution >= 0.6 is 0 Å². The number of aliphatic carboxylic acids is 1. The van der Waals surface area contributed by atoms with Gasteiger partial charge in [0.1, 0.15) is 30.4 Å². The number of carbonyl (C=O) groups is 5. The Hall–Kier alpha value is -4.45. The number of benzene rings is 2. The quantitative estimate of drug-likeness (QED) is 0.250. The molecule has 42 heavy (non-hydrogen) atoms. The van der Waals surface area contributed by atoms with E-state index in [4.69, 9.17) is 10.8 Å². The normalized spacial score (nSPS) is 19.6. The maximum Gasteiger partial charge on any atom is 0.322 e. The molecule has 2 saturated heterocycles. The average molecular weight is 580 g/mol. The van der Waals surface area contributed by atoms with Crippen LogP contribution in [0.25, 0.3) is 0 Å². The first-order valence-corrected chi connectivity index (χ1v) is 14.1. The van der Waals surface area contributed by atoms with E-state index >= 15 is 0 Å². The summed E-state index contributed by atoms with van der Waals surface area (Å²) in [4.78, 5) is 67.2. The van der Waals surface area contributed by atoms with Gasteiger partial charge in [0.05, 0.1) is 6.04 Å². The van der Waals surface area contributed by atoms with E-state index in [-0.39, 0.29) is 24.5 Å². The average Bonchev–Trinajstić information content (AvgIpc) is 3.67. The Balaban J connectivity index is 1.47. The molecule has 2 aliphatic rings. The third-order valence-corrected chi connectivity index (χ3v) is 7.70. The number of aromatic hydroxyl groups is 1. The molecule has 2 aromatic rings. The number of carboxylic acid groups (broad SMARTS) is 1.